The monoisotopic (exact) mass is 214 g/mol. The second kappa shape index (κ2) is 5.41. The Morgan fingerprint density at radius 3 is 2.92 bits per heavy atom. The maximum atomic E-state index is 8.49. The summed E-state index contributed by atoms with van der Waals surface area (Å²) >= 11 is 1.10. The number of nitrogens with two attached hydrogens (primary N) is 1. The van der Waals surface area contributed by atoms with Crippen LogP contribution in [0, 0.1) is 16.7 Å². The van der Waals surface area contributed by atoms with Crippen molar-refractivity contribution in [2.75, 3.05) is 0 Å². The molecule has 0 bridgehead atoms. The molecule has 0 atom stereocenters. The molecule has 0 aromatic carbocycles. The molecular formula is C7H7ClN4S. The lowest BCUT2D eigenvalue weighted by atomic mass is 10.4. The van der Waals surface area contributed by atoms with Gasteiger partial charge in [-0.3, -0.25) is 5.41 Å². The van der Waals surface area contributed by atoms with Gasteiger partial charge in [0.1, 0.15) is 11.8 Å². The van der Waals surface area contributed by atoms with Gasteiger partial charge in [0, 0.05) is 11.1 Å². The Labute approximate surface area is 86.1 Å². The average molecular weight is 215 g/mol. The lowest BCUT2D eigenvalue weighted by molar-refractivity contribution is 1.21. The van der Waals surface area contributed by atoms with Crippen LogP contribution in [0.5, 0.6) is 0 Å². The molecule has 0 amide bonds. The summed E-state index contributed by atoms with van der Waals surface area (Å²) in [5.74, 6) is 0. The number of halogens is 1. The summed E-state index contributed by atoms with van der Waals surface area (Å²) in [5.41, 5.74) is 5.49. The van der Waals surface area contributed by atoms with Crippen LogP contribution in [0.25, 0.3) is 0 Å². The number of hydrogen-bond acceptors (Lipinski definition) is 4. The van der Waals surface area contributed by atoms with Crippen LogP contribution in [0.15, 0.2) is 23.2 Å². The quantitative estimate of drug-likeness (QED) is 0.420. The number of nitrogens with zero attached hydrogens (tertiary/aromatic N) is 2. The van der Waals surface area contributed by atoms with Crippen LogP contribution < -0.4 is 5.73 Å². The third-order valence-corrected chi connectivity index (χ3v) is 1.78. The molecule has 0 saturated heterocycles. The molecule has 13 heavy (non-hydrogen) atoms. The van der Waals surface area contributed by atoms with E-state index in [9.17, 15) is 0 Å². The van der Waals surface area contributed by atoms with Crippen molar-refractivity contribution >= 4 is 29.3 Å². The second-order valence-corrected chi connectivity index (χ2v) is 3.07. The summed E-state index contributed by atoms with van der Waals surface area (Å²) in [6.45, 7) is 0. The minimum absolute atomic E-state index is 0. The van der Waals surface area contributed by atoms with Crippen molar-refractivity contribution in [3.05, 3.63) is 24.0 Å². The van der Waals surface area contributed by atoms with E-state index >= 15 is 0 Å². The summed E-state index contributed by atoms with van der Waals surface area (Å²) in [6, 6.07) is 5.20. The number of nitrogens with one attached hydrogen (secondary N) is 1. The molecule has 0 unspecified atom stereocenters. The molecule has 0 spiro atoms. The zero-order chi connectivity index (χ0) is 8.97. The lowest BCUT2D eigenvalue weighted by Crippen LogP contribution is -2.02. The Bertz CT molecular complexity index is 347. The molecule has 1 aromatic rings. The van der Waals surface area contributed by atoms with Gasteiger partial charge in [-0.25, -0.2) is 4.98 Å². The molecular weight excluding hydrogens is 208 g/mol. The fraction of sp³-hybridized carbons (Fsp3) is 0. The summed E-state index contributed by atoms with van der Waals surface area (Å²) in [5, 5.41) is 15.5. The van der Waals surface area contributed by atoms with E-state index in [4.69, 9.17) is 16.4 Å². The van der Waals surface area contributed by atoms with Crippen LogP contribution in [0.4, 0.5) is 0 Å². The Hall–Kier alpha value is -1.25. The molecule has 6 heteroatoms. The van der Waals surface area contributed by atoms with Gasteiger partial charge in [-0.1, -0.05) is 11.8 Å². The number of nitriles is 1. The van der Waals surface area contributed by atoms with E-state index in [1.54, 1.807) is 12.1 Å². The highest BCUT2D eigenvalue weighted by Crippen LogP contribution is 2.16. The topological polar surface area (TPSA) is 86.5 Å². The maximum absolute atomic E-state index is 8.49. The highest BCUT2D eigenvalue weighted by atomic mass is 35.5. The molecule has 0 aliphatic carbocycles. The summed E-state index contributed by atoms with van der Waals surface area (Å²) < 4.78 is 0. The number of hydrogen-bond donors (Lipinski definition) is 2. The molecule has 1 aromatic heterocycles. The van der Waals surface area contributed by atoms with Crippen LogP contribution in [-0.4, -0.2) is 10.2 Å². The van der Waals surface area contributed by atoms with Gasteiger partial charge in [-0.15, -0.1) is 12.4 Å². The molecule has 1 heterocycles. The highest BCUT2D eigenvalue weighted by molar-refractivity contribution is 8.13. The largest absolute Gasteiger partial charge is 0.378 e. The zero-order valence-corrected chi connectivity index (χ0v) is 8.15. The van der Waals surface area contributed by atoms with Crippen molar-refractivity contribution in [3.63, 3.8) is 0 Å². The van der Waals surface area contributed by atoms with Crippen molar-refractivity contribution in [2.24, 2.45) is 5.73 Å². The number of thioether (sulfide) groups is 1. The normalized spacial score (nSPS) is 8.23. The van der Waals surface area contributed by atoms with Crippen LogP contribution in [0.1, 0.15) is 5.69 Å². The average Bonchev–Trinajstić information content (AvgIpc) is 2.03. The van der Waals surface area contributed by atoms with Gasteiger partial charge in [0.25, 0.3) is 0 Å². The van der Waals surface area contributed by atoms with E-state index in [1.165, 1.54) is 6.20 Å². The van der Waals surface area contributed by atoms with Gasteiger partial charge in [-0.05, 0) is 12.1 Å². The predicted octanol–water partition coefficient (Wildman–Crippen LogP) is 1.36. The first kappa shape index (κ1) is 11.8. The molecule has 0 radical (unpaired) electrons. The number of amidine groups is 1. The van der Waals surface area contributed by atoms with Crippen molar-refractivity contribution < 1.29 is 0 Å². The van der Waals surface area contributed by atoms with Crippen LogP contribution in [-0.2, 0) is 0 Å². The Morgan fingerprint density at radius 2 is 2.38 bits per heavy atom. The fourth-order valence-corrected chi connectivity index (χ4v) is 1.22. The van der Waals surface area contributed by atoms with E-state index < -0.39 is 0 Å². The smallest absolute Gasteiger partial charge is 0.155 e. The van der Waals surface area contributed by atoms with Crippen molar-refractivity contribution in [2.45, 2.75) is 4.90 Å². The van der Waals surface area contributed by atoms with Crippen LogP contribution in [0.3, 0.4) is 0 Å². The molecule has 1 rings (SSSR count). The number of pyridine rings is 1. The minimum atomic E-state index is 0. The standard InChI is InChI=1S/C7H6N4S.ClH/c8-4-5-3-6(1-2-11-5)12-7(9)10;/h1-3H,(H3,9,10);1H. The second-order valence-electron chi connectivity index (χ2n) is 1.95. The van der Waals surface area contributed by atoms with E-state index in [-0.39, 0.29) is 17.6 Å². The van der Waals surface area contributed by atoms with Crippen molar-refractivity contribution in [1.82, 2.24) is 4.98 Å². The highest BCUT2D eigenvalue weighted by Gasteiger charge is 1.97. The van der Waals surface area contributed by atoms with E-state index in [0.717, 1.165) is 16.7 Å². The van der Waals surface area contributed by atoms with Crippen LogP contribution in [0.2, 0.25) is 0 Å². The van der Waals surface area contributed by atoms with E-state index in [2.05, 4.69) is 4.98 Å². The van der Waals surface area contributed by atoms with Gasteiger partial charge in [0.05, 0.1) is 0 Å². The predicted molar refractivity (Wildman–Crippen MR) is 54.0 cm³/mol. The molecule has 0 fully saturated rings. The Kier molecular flexibility index (Phi) is 4.89. The third-order valence-electron chi connectivity index (χ3n) is 1.07. The van der Waals surface area contributed by atoms with Gasteiger partial charge >= 0.3 is 0 Å². The third kappa shape index (κ3) is 3.78. The Balaban J connectivity index is 0.00000144. The lowest BCUT2D eigenvalue weighted by Gasteiger charge is -1.96. The van der Waals surface area contributed by atoms with Gasteiger partial charge < -0.3 is 5.73 Å². The number of aromatic nitrogens is 1. The molecule has 68 valence electrons. The zero-order valence-electron chi connectivity index (χ0n) is 6.52. The fourth-order valence-electron chi connectivity index (χ4n) is 0.663. The van der Waals surface area contributed by atoms with Gasteiger partial charge in [-0.2, -0.15) is 5.26 Å². The minimum Gasteiger partial charge on any atom is -0.378 e. The van der Waals surface area contributed by atoms with Gasteiger partial charge in [0.2, 0.25) is 0 Å². The van der Waals surface area contributed by atoms with Crippen LogP contribution >= 0.6 is 24.2 Å². The Morgan fingerprint density at radius 1 is 1.69 bits per heavy atom. The molecule has 0 saturated carbocycles. The summed E-state index contributed by atoms with van der Waals surface area (Å²) in [7, 11) is 0. The van der Waals surface area contributed by atoms with Crippen molar-refractivity contribution in [1.29, 1.82) is 10.7 Å². The molecule has 3 N–H and O–H groups in total. The molecule has 4 nitrogen and oxygen atoms in total. The first-order valence-corrected chi connectivity index (χ1v) is 3.92. The van der Waals surface area contributed by atoms with Crippen molar-refractivity contribution in [3.8, 4) is 6.07 Å². The summed E-state index contributed by atoms with van der Waals surface area (Å²) in [6.07, 6.45) is 1.52. The SMILES string of the molecule is Cl.N#Cc1cc(SC(=N)N)ccn1. The maximum Gasteiger partial charge on any atom is 0.155 e. The first-order valence-electron chi connectivity index (χ1n) is 3.10. The first-order chi connectivity index (χ1) is 5.72. The summed E-state index contributed by atoms with van der Waals surface area (Å²) in [4.78, 5) is 4.54. The molecule has 0 aliphatic heterocycles. The van der Waals surface area contributed by atoms with Gasteiger partial charge in [0.15, 0.2) is 5.17 Å². The number of rotatable bonds is 1. The van der Waals surface area contributed by atoms with E-state index in [1.807, 2.05) is 6.07 Å². The van der Waals surface area contributed by atoms with E-state index in [0.29, 0.717) is 5.69 Å². The molecule has 0 aliphatic rings.